The molecule has 0 bridgehead atoms. The summed E-state index contributed by atoms with van der Waals surface area (Å²) in [6.45, 7) is 0.517. The Kier molecular flexibility index (Phi) is 5.36. The molecular weight excluding hydrogens is 264 g/mol. The van der Waals surface area contributed by atoms with Crippen LogP contribution < -0.4 is 10.1 Å². The lowest BCUT2D eigenvalue weighted by atomic mass is 10.2. The first kappa shape index (κ1) is 14.6. The third-order valence-corrected chi connectivity index (χ3v) is 2.78. The Hall–Kier alpha value is -2.80. The Morgan fingerprint density at radius 3 is 2.95 bits per heavy atom. The van der Waals surface area contributed by atoms with Gasteiger partial charge in [0.05, 0.1) is 7.11 Å². The number of benzene rings is 1. The summed E-state index contributed by atoms with van der Waals surface area (Å²) >= 11 is 0. The SMILES string of the molecule is COc1cccc(C#CC(=O)NCCc2ccccn2)c1. The maximum absolute atomic E-state index is 11.6. The Balaban J connectivity index is 1.83. The van der Waals surface area contributed by atoms with Gasteiger partial charge in [-0.2, -0.15) is 0 Å². The molecule has 0 aliphatic heterocycles. The summed E-state index contributed by atoms with van der Waals surface area (Å²) in [5.74, 6) is 5.79. The van der Waals surface area contributed by atoms with Crippen molar-refractivity contribution in [2.24, 2.45) is 0 Å². The van der Waals surface area contributed by atoms with Crippen molar-refractivity contribution >= 4 is 5.91 Å². The van der Waals surface area contributed by atoms with Crippen LogP contribution in [-0.4, -0.2) is 24.5 Å². The standard InChI is InChI=1S/C17H16N2O2/c1-21-16-7-4-5-14(13-16)8-9-17(20)19-12-10-15-6-2-3-11-18-15/h2-7,11,13H,10,12H2,1H3,(H,19,20). The van der Waals surface area contributed by atoms with Gasteiger partial charge in [0.25, 0.3) is 5.91 Å². The third-order valence-electron chi connectivity index (χ3n) is 2.78. The number of hydrogen-bond donors (Lipinski definition) is 1. The normalized spacial score (nSPS) is 9.38. The topological polar surface area (TPSA) is 51.2 Å². The quantitative estimate of drug-likeness (QED) is 0.869. The summed E-state index contributed by atoms with van der Waals surface area (Å²) in [5, 5.41) is 2.75. The largest absolute Gasteiger partial charge is 0.497 e. The van der Waals surface area contributed by atoms with Crippen LogP contribution in [0, 0.1) is 11.8 Å². The predicted molar refractivity (Wildman–Crippen MR) is 80.8 cm³/mol. The number of nitrogens with one attached hydrogen (secondary N) is 1. The van der Waals surface area contributed by atoms with Crippen LogP contribution in [0.15, 0.2) is 48.7 Å². The van der Waals surface area contributed by atoms with Crippen LogP contribution in [0.5, 0.6) is 5.75 Å². The van der Waals surface area contributed by atoms with E-state index in [2.05, 4.69) is 22.1 Å². The number of carbonyl (C=O) groups excluding carboxylic acids is 1. The van der Waals surface area contributed by atoms with E-state index >= 15 is 0 Å². The number of nitrogens with zero attached hydrogens (tertiary/aromatic N) is 1. The highest BCUT2D eigenvalue weighted by molar-refractivity contribution is 5.94. The van der Waals surface area contributed by atoms with Gasteiger partial charge in [0.15, 0.2) is 0 Å². The molecule has 0 radical (unpaired) electrons. The number of rotatable bonds is 4. The molecule has 0 saturated carbocycles. The van der Waals surface area contributed by atoms with Gasteiger partial charge < -0.3 is 10.1 Å². The van der Waals surface area contributed by atoms with Crippen LogP contribution in [0.3, 0.4) is 0 Å². The Labute approximate surface area is 124 Å². The molecule has 1 aromatic carbocycles. The number of carbonyl (C=O) groups is 1. The number of hydrogen-bond acceptors (Lipinski definition) is 3. The first-order valence-electron chi connectivity index (χ1n) is 6.62. The summed E-state index contributed by atoms with van der Waals surface area (Å²) in [7, 11) is 1.59. The van der Waals surface area contributed by atoms with Crippen molar-refractivity contribution in [2.75, 3.05) is 13.7 Å². The molecule has 1 amide bonds. The number of amides is 1. The van der Waals surface area contributed by atoms with E-state index in [0.29, 0.717) is 13.0 Å². The number of pyridine rings is 1. The highest BCUT2D eigenvalue weighted by Crippen LogP contribution is 2.11. The van der Waals surface area contributed by atoms with E-state index in [1.807, 2.05) is 36.4 Å². The van der Waals surface area contributed by atoms with E-state index in [1.54, 1.807) is 19.4 Å². The van der Waals surface area contributed by atoms with Gasteiger partial charge in [-0.15, -0.1) is 0 Å². The molecular formula is C17H16N2O2. The van der Waals surface area contributed by atoms with Gasteiger partial charge in [-0.3, -0.25) is 9.78 Å². The summed E-state index contributed by atoms with van der Waals surface area (Å²) in [4.78, 5) is 15.8. The number of methoxy groups -OCH3 is 1. The fourth-order valence-corrected chi connectivity index (χ4v) is 1.72. The molecule has 1 heterocycles. The van der Waals surface area contributed by atoms with E-state index in [-0.39, 0.29) is 5.91 Å². The highest BCUT2D eigenvalue weighted by Gasteiger charge is 1.97. The van der Waals surface area contributed by atoms with Gasteiger partial charge >= 0.3 is 0 Å². The van der Waals surface area contributed by atoms with Gasteiger partial charge in [0.1, 0.15) is 5.75 Å². The third kappa shape index (κ3) is 5.00. The molecule has 0 unspecified atom stereocenters. The average Bonchev–Trinajstić information content (AvgIpc) is 2.54. The molecule has 4 nitrogen and oxygen atoms in total. The monoisotopic (exact) mass is 280 g/mol. The zero-order valence-electron chi connectivity index (χ0n) is 11.8. The minimum Gasteiger partial charge on any atom is -0.497 e. The molecule has 2 rings (SSSR count). The van der Waals surface area contributed by atoms with Crippen LogP contribution in [0.25, 0.3) is 0 Å². The Morgan fingerprint density at radius 2 is 2.19 bits per heavy atom. The zero-order chi connectivity index (χ0) is 14.9. The van der Waals surface area contributed by atoms with Gasteiger partial charge in [-0.05, 0) is 30.3 Å². The summed E-state index contributed by atoms with van der Waals surface area (Å²) in [5.41, 5.74) is 1.69. The van der Waals surface area contributed by atoms with Crippen molar-refractivity contribution in [3.8, 4) is 17.6 Å². The van der Waals surface area contributed by atoms with Crippen molar-refractivity contribution < 1.29 is 9.53 Å². The van der Waals surface area contributed by atoms with Crippen LogP contribution in [-0.2, 0) is 11.2 Å². The molecule has 0 aliphatic rings. The summed E-state index contributed by atoms with van der Waals surface area (Å²) in [6.07, 6.45) is 2.42. The molecule has 1 aromatic heterocycles. The molecule has 0 spiro atoms. The van der Waals surface area contributed by atoms with Crippen LogP contribution in [0.1, 0.15) is 11.3 Å². The van der Waals surface area contributed by atoms with E-state index in [4.69, 9.17) is 4.74 Å². The van der Waals surface area contributed by atoms with Crippen molar-refractivity contribution in [2.45, 2.75) is 6.42 Å². The molecule has 0 aliphatic carbocycles. The van der Waals surface area contributed by atoms with Gasteiger partial charge in [-0.1, -0.05) is 18.1 Å². The minimum absolute atomic E-state index is 0.297. The van der Waals surface area contributed by atoms with Crippen LogP contribution in [0.4, 0.5) is 0 Å². The second kappa shape index (κ2) is 7.71. The van der Waals surface area contributed by atoms with E-state index in [0.717, 1.165) is 17.0 Å². The van der Waals surface area contributed by atoms with Crippen molar-refractivity contribution in [1.29, 1.82) is 0 Å². The van der Waals surface area contributed by atoms with Crippen molar-refractivity contribution in [3.05, 3.63) is 59.9 Å². The Bertz CT molecular complexity index is 657. The zero-order valence-corrected chi connectivity index (χ0v) is 11.8. The molecule has 106 valence electrons. The molecule has 0 atom stereocenters. The second-order valence-electron chi connectivity index (χ2n) is 4.31. The molecule has 4 heteroatoms. The van der Waals surface area contributed by atoms with E-state index in [9.17, 15) is 4.79 Å². The smallest absolute Gasteiger partial charge is 0.296 e. The Morgan fingerprint density at radius 1 is 1.29 bits per heavy atom. The fraction of sp³-hybridized carbons (Fsp3) is 0.176. The van der Waals surface area contributed by atoms with Gasteiger partial charge in [0.2, 0.25) is 0 Å². The lowest BCUT2D eigenvalue weighted by Crippen LogP contribution is -2.24. The molecule has 0 fully saturated rings. The van der Waals surface area contributed by atoms with Crippen LogP contribution >= 0.6 is 0 Å². The number of aromatic nitrogens is 1. The molecule has 0 saturated heterocycles. The lowest BCUT2D eigenvalue weighted by molar-refractivity contribution is -0.115. The fourth-order valence-electron chi connectivity index (χ4n) is 1.72. The lowest BCUT2D eigenvalue weighted by Gasteiger charge is -2.00. The van der Waals surface area contributed by atoms with Crippen LogP contribution in [0.2, 0.25) is 0 Å². The first-order chi connectivity index (χ1) is 10.3. The van der Waals surface area contributed by atoms with E-state index < -0.39 is 0 Å². The van der Waals surface area contributed by atoms with Crippen molar-refractivity contribution in [1.82, 2.24) is 10.3 Å². The van der Waals surface area contributed by atoms with Gasteiger partial charge in [0, 0.05) is 36.3 Å². The molecule has 21 heavy (non-hydrogen) atoms. The predicted octanol–water partition coefficient (Wildman–Crippen LogP) is 1.80. The highest BCUT2D eigenvalue weighted by atomic mass is 16.5. The molecule has 1 N–H and O–H groups in total. The number of ether oxygens (including phenoxy) is 1. The maximum Gasteiger partial charge on any atom is 0.296 e. The maximum atomic E-state index is 11.6. The summed E-state index contributed by atoms with van der Waals surface area (Å²) < 4.78 is 5.10. The second-order valence-corrected chi connectivity index (χ2v) is 4.31. The molecule has 2 aromatic rings. The minimum atomic E-state index is -0.297. The average molecular weight is 280 g/mol. The van der Waals surface area contributed by atoms with Gasteiger partial charge in [-0.25, -0.2) is 0 Å². The van der Waals surface area contributed by atoms with E-state index in [1.165, 1.54) is 0 Å². The first-order valence-corrected chi connectivity index (χ1v) is 6.62. The van der Waals surface area contributed by atoms with Crippen molar-refractivity contribution in [3.63, 3.8) is 0 Å². The summed E-state index contributed by atoms with van der Waals surface area (Å²) in [6, 6.07) is 13.0.